The molecule has 1 aliphatic rings. The molecule has 0 fully saturated rings. The molecule has 1 unspecified atom stereocenters. The Labute approximate surface area is 99.0 Å². The number of benzene rings is 1. The molecule has 0 spiro atoms. The minimum atomic E-state index is -0.820. The van der Waals surface area contributed by atoms with Crippen molar-refractivity contribution in [1.82, 2.24) is 5.43 Å². The molecule has 2 N–H and O–H groups in total. The van der Waals surface area contributed by atoms with Crippen molar-refractivity contribution in [3.05, 3.63) is 29.8 Å². The highest BCUT2D eigenvalue weighted by Crippen LogP contribution is 2.34. The zero-order chi connectivity index (χ0) is 12.4. The topological polar surface area (TPSA) is 69.6 Å². The number of fused-ring (bicyclic) bond motifs is 1. The van der Waals surface area contributed by atoms with E-state index in [0.717, 1.165) is 11.3 Å². The Morgan fingerprint density at radius 1 is 1.41 bits per heavy atom. The van der Waals surface area contributed by atoms with E-state index in [-0.39, 0.29) is 5.91 Å². The van der Waals surface area contributed by atoms with Gasteiger partial charge in [0.15, 0.2) is 0 Å². The average Bonchev–Trinajstić information content (AvgIpc) is 2.28. The number of hydrogen-bond acceptors (Lipinski definition) is 3. The van der Waals surface area contributed by atoms with Crippen LogP contribution in [0.5, 0.6) is 0 Å². The second-order valence-electron chi connectivity index (χ2n) is 4.06. The first kappa shape index (κ1) is 11.4. The largest absolute Gasteiger partial charge is 0.481 e. The number of aliphatic carboxylic acids is 1. The van der Waals surface area contributed by atoms with Gasteiger partial charge in [0.25, 0.3) is 0 Å². The molecule has 0 radical (unpaired) electrons. The highest BCUT2D eigenvalue weighted by Gasteiger charge is 2.29. The lowest BCUT2D eigenvalue weighted by Crippen LogP contribution is -2.45. The van der Waals surface area contributed by atoms with Gasteiger partial charge in [-0.1, -0.05) is 18.2 Å². The van der Waals surface area contributed by atoms with Gasteiger partial charge in [-0.2, -0.15) is 0 Å². The SMILES string of the molecule is CC(=O)NN1CCC(C(=O)O)c2ccccc21. The van der Waals surface area contributed by atoms with E-state index in [1.807, 2.05) is 18.2 Å². The fourth-order valence-corrected chi connectivity index (χ4v) is 2.12. The predicted molar refractivity (Wildman–Crippen MR) is 62.6 cm³/mol. The molecule has 5 heteroatoms. The number of carbonyl (C=O) groups excluding carboxylic acids is 1. The Morgan fingerprint density at radius 2 is 2.12 bits per heavy atom. The van der Waals surface area contributed by atoms with Crippen LogP contribution in [0.2, 0.25) is 0 Å². The lowest BCUT2D eigenvalue weighted by molar-refractivity contribution is -0.139. The van der Waals surface area contributed by atoms with Gasteiger partial charge in [-0.05, 0) is 18.1 Å². The smallest absolute Gasteiger partial charge is 0.311 e. The van der Waals surface area contributed by atoms with E-state index in [9.17, 15) is 9.59 Å². The zero-order valence-corrected chi connectivity index (χ0v) is 9.51. The average molecular weight is 234 g/mol. The van der Waals surface area contributed by atoms with Crippen LogP contribution in [0, 0.1) is 0 Å². The summed E-state index contributed by atoms with van der Waals surface area (Å²) < 4.78 is 0. The van der Waals surface area contributed by atoms with E-state index >= 15 is 0 Å². The molecule has 5 nitrogen and oxygen atoms in total. The number of anilines is 1. The molecule has 17 heavy (non-hydrogen) atoms. The summed E-state index contributed by atoms with van der Waals surface area (Å²) in [6.45, 7) is 1.94. The Kier molecular flexibility index (Phi) is 2.99. The van der Waals surface area contributed by atoms with Crippen molar-refractivity contribution in [2.24, 2.45) is 0 Å². The number of hydrazine groups is 1. The molecule has 0 saturated carbocycles. The molecule has 1 aliphatic heterocycles. The quantitative estimate of drug-likeness (QED) is 0.804. The summed E-state index contributed by atoms with van der Waals surface area (Å²) in [5, 5.41) is 10.9. The van der Waals surface area contributed by atoms with Crippen molar-refractivity contribution in [3.8, 4) is 0 Å². The summed E-state index contributed by atoms with van der Waals surface area (Å²) in [6.07, 6.45) is 0.493. The lowest BCUT2D eigenvalue weighted by Gasteiger charge is -2.33. The maximum absolute atomic E-state index is 11.1. The first-order valence-electron chi connectivity index (χ1n) is 5.46. The van der Waals surface area contributed by atoms with Crippen molar-refractivity contribution in [3.63, 3.8) is 0 Å². The minimum absolute atomic E-state index is 0.159. The third kappa shape index (κ3) is 2.22. The monoisotopic (exact) mass is 234 g/mol. The van der Waals surface area contributed by atoms with E-state index in [4.69, 9.17) is 5.11 Å². The van der Waals surface area contributed by atoms with Crippen LogP contribution in [0.25, 0.3) is 0 Å². The molecule has 1 aromatic carbocycles. The zero-order valence-electron chi connectivity index (χ0n) is 9.51. The van der Waals surface area contributed by atoms with Gasteiger partial charge in [-0.15, -0.1) is 0 Å². The minimum Gasteiger partial charge on any atom is -0.481 e. The van der Waals surface area contributed by atoms with E-state index in [0.29, 0.717) is 13.0 Å². The predicted octanol–water partition coefficient (Wildman–Crippen LogP) is 1.12. The Morgan fingerprint density at radius 3 is 2.76 bits per heavy atom. The number of hydrogen-bond donors (Lipinski definition) is 2. The maximum atomic E-state index is 11.1. The number of carbonyl (C=O) groups is 2. The van der Waals surface area contributed by atoms with Crippen molar-refractivity contribution in [1.29, 1.82) is 0 Å². The first-order valence-corrected chi connectivity index (χ1v) is 5.46. The number of amides is 1. The van der Waals surface area contributed by atoms with Crippen LogP contribution >= 0.6 is 0 Å². The van der Waals surface area contributed by atoms with E-state index in [2.05, 4.69) is 5.43 Å². The number of carboxylic acids is 1. The summed E-state index contributed by atoms with van der Waals surface area (Å²) >= 11 is 0. The summed E-state index contributed by atoms with van der Waals surface area (Å²) in [5.41, 5.74) is 4.21. The van der Waals surface area contributed by atoms with Crippen LogP contribution < -0.4 is 10.4 Å². The summed E-state index contributed by atoms with van der Waals surface area (Å²) in [5.74, 6) is -1.47. The van der Waals surface area contributed by atoms with Crippen molar-refractivity contribution < 1.29 is 14.7 Å². The van der Waals surface area contributed by atoms with E-state index in [1.165, 1.54) is 6.92 Å². The standard InChI is InChI=1S/C12H14N2O3/c1-8(15)13-14-7-6-10(12(16)17)9-4-2-3-5-11(9)14/h2-5,10H,6-7H2,1H3,(H,13,15)(H,16,17). The summed E-state index contributed by atoms with van der Waals surface area (Å²) in [4.78, 5) is 22.2. The Balaban J connectivity index is 2.36. The van der Waals surface area contributed by atoms with E-state index in [1.54, 1.807) is 11.1 Å². The third-order valence-corrected chi connectivity index (χ3v) is 2.83. The lowest BCUT2D eigenvalue weighted by atomic mass is 9.91. The first-order chi connectivity index (χ1) is 8.09. The van der Waals surface area contributed by atoms with Gasteiger partial charge in [0.1, 0.15) is 0 Å². The van der Waals surface area contributed by atoms with Crippen LogP contribution in [-0.4, -0.2) is 23.5 Å². The van der Waals surface area contributed by atoms with Gasteiger partial charge in [0, 0.05) is 13.5 Å². The molecule has 1 amide bonds. The van der Waals surface area contributed by atoms with Crippen molar-refractivity contribution in [2.75, 3.05) is 11.6 Å². The number of nitrogens with zero attached hydrogens (tertiary/aromatic N) is 1. The van der Waals surface area contributed by atoms with Crippen LogP contribution in [0.4, 0.5) is 5.69 Å². The van der Waals surface area contributed by atoms with Gasteiger partial charge >= 0.3 is 5.97 Å². The molecule has 1 heterocycles. The fraction of sp³-hybridized carbons (Fsp3) is 0.333. The number of rotatable bonds is 2. The molecular formula is C12H14N2O3. The van der Waals surface area contributed by atoms with Gasteiger partial charge in [0.2, 0.25) is 5.91 Å². The summed E-state index contributed by atoms with van der Waals surface area (Å²) in [6, 6.07) is 7.26. The molecular weight excluding hydrogens is 220 g/mol. The highest BCUT2D eigenvalue weighted by atomic mass is 16.4. The third-order valence-electron chi connectivity index (χ3n) is 2.83. The summed E-state index contributed by atoms with van der Waals surface area (Å²) in [7, 11) is 0. The van der Waals surface area contributed by atoms with E-state index < -0.39 is 11.9 Å². The molecule has 0 aromatic heterocycles. The molecule has 2 rings (SSSR count). The number of carboxylic acid groups (broad SMARTS) is 1. The van der Waals surface area contributed by atoms with Gasteiger partial charge in [-0.3, -0.25) is 20.0 Å². The maximum Gasteiger partial charge on any atom is 0.311 e. The van der Waals surface area contributed by atoms with Gasteiger partial charge < -0.3 is 5.11 Å². The van der Waals surface area contributed by atoms with Crippen molar-refractivity contribution in [2.45, 2.75) is 19.3 Å². The van der Waals surface area contributed by atoms with Crippen LogP contribution in [-0.2, 0) is 9.59 Å². The number of para-hydroxylation sites is 1. The fourth-order valence-electron chi connectivity index (χ4n) is 2.12. The Bertz CT molecular complexity index is 459. The second kappa shape index (κ2) is 4.45. The molecule has 1 atom stereocenters. The molecule has 0 aliphatic carbocycles. The van der Waals surface area contributed by atoms with Crippen LogP contribution in [0.3, 0.4) is 0 Å². The van der Waals surface area contributed by atoms with Crippen LogP contribution in [0.15, 0.2) is 24.3 Å². The van der Waals surface area contributed by atoms with Crippen LogP contribution in [0.1, 0.15) is 24.8 Å². The molecule has 1 aromatic rings. The highest BCUT2D eigenvalue weighted by molar-refractivity contribution is 5.82. The molecule has 0 saturated heterocycles. The van der Waals surface area contributed by atoms with Gasteiger partial charge in [-0.25, -0.2) is 0 Å². The normalized spacial score (nSPS) is 18.4. The molecule has 0 bridgehead atoms. The molecule has 90 valence electrons. The van der Waals surface area contributed by atoms with Gasteiger partial charge in [0.05, 0.1) is 11.6 Å². The van der Waals surface area contributed by atoms with Crippen molar-refractivity contribution >= 4 is 17.6 Å². The number of nitrogens with one attached hydrogen (secondary N) is 1. The second-order valence-corrected chi connectivity index (χ2v) is 4.06. The Hall–Kier alpha value is -2.04.